The zero-order chi connectivity index (χ0) is 23.2. The van der Waals surface area contributed by atoms with Crippen LogP contribution in [0.25, 0.3) is 11.3 Å². The molecule has 1 aliphatic rings. The highest BCUT2D eigenvalue weighted by Crippen LogP contribution is 2.34. The van der Waals surface area contributed by atoms with E-state index in [0.29, 0.717) is 49.1 Å². The molecule has 174 valence electrons. The molecule has 0 N–H and O–H groups in total. The Bertz CT molecular complexity index is 1090. The molecule has 1 aromatic heterocycles. The van der Waals surface area contributed by atoms with E-state index in [1.54, 1.807) is 33.6 Å². The number of benzene rings is 2. The summed E-state index contributed by atoms with van der Waals surface area (Å²) in [6, 6.07) is 13.5. The maximum Gasteiger partial charge on any atom is 0.223 e. The number of nitrogens with zero attached hydrogens (tertiary/aromatic N) is 3. The lowest BCUT2D eigenvalue weighted by Crippen LogP contribution is -2.48. The summed E-state index contributed by atoms with van der Waals surface area (Å²) in [6.45, 7) is 2.90. The smallest absolute Gasteiger partial charge is 0.223 e. The van der Waals surface area contributed by atoms with Crippen LogP contribution in [0.1, 0.15) is 12.3 Å². The molecule has 3 aromatic rings. The van der Waals surface area contributed by atoms with Crippen molar-refractivity contribution in [3.63, 3.8) is 0 Å². The summed E-state index contributed by atoms with van der Waals surface area (Å²) < 4.78 is 22.1. The highest BCUT2D eigenvalue weighted by Gasteiger charge is 2.23. The molecule has 0 aliphatic carbocycles. The number of anilines is 1. The van der Waals surface area contributed by atoms with E-state index in [4.69, 9.17) is 18.6 Å². The second-order valence-electron chi connectivity index (χ2n) is 7.72. The number of ether oxygens (including phenoxy) is 3. The fourth-order valence-corrected chi connectivity index (χ4v) is 4.01. The van der Waals surface area contributed by atoms with Crippen molar-refractivity contribution in [2.45, 2.75) is 12.8 Å². The maximum absolute atomic E-state index is 12.8. The Morgan fingerprint density at radius 1 is 0.970 bits per heavy atom. The number of rotatable bonds is 8. The fourth-order valence-electron chi connectivity index (χ4n) is 4.01. The second-order valence-corrected chi connectivity index (χ2v) is 7.72. The van der Waals surface area contributed by atoms with Crippen molar-refractivity contribution in [3.05, 3.63) is 54.6 Å². The molecule has 33 heavy (non-hydrogen) atoms. The van der Waals surface area contributed by atoms with Crippen molar-refractivity contribution >= 4 is 11.6 Å². The Morgan fingerprint density at radius 2 is 1.73 bits per heavy atom. The van der Waals surface area contributed by atoms with Crippen LogP contribution >= 0.6 is 0 Å². The molecule has 0 saturated carbocycles. The molecule has 0 radical (unpaired) electrons. The summed E-state index contributed by atoms with van der Waals surface area (Å²) in [4.78, 5) is 21.3. The van der Waals surface area contributed by atoms with Gasteiger partial charge in [-0.25, -0.2) is 4.98 Å². The van der Waals surface area contributed by atoms with Crippen LogP contribution in [-0.2, 0) is 11.2 Å². The van der Waals surface area contributed by atoms with Crippen LogP contribution in [0.3, 0.4) is 0 Å². The largest absolute Gasteiger partial charge is 0.497 e. The van der Waals surface area contributed by atoms with E-state index < -0.39 is 0 Å². The predicted molar refractivity (Wildman–Crippen MR) is 125 cm³/mol. The van der Waals surface area contributed by atoms with Crippen molar-refractivity contribution < 1.29 is 23.4 Å². The molecule has 0 spiro atoms. The minimum atomic E-state index is 0.108. The lowest BCUT2D eigenvalue weighted by Gasteiger charge is -2.36. The van der Waals surface area contributed by atoms with E-state index >= 15 is 0 Å². The summed E-state index contributed by atoms with van der Waals surface area (Å²) in [5.74, 6) is 3.43. The number of para-hydroxylation sites is 2. The van der Waals surface area contributed by atoms with Crippen LogP contribution in [-0.4, -0.2) is 63.3 Å². The first kappa shape index (κ1) is 22.5. The third-order valence-corrected chi connectivity index (χ3v) is 5.84. The number of hydrogen-bond donors (Lipinski definition) is 0. The van der Waals surface area contributed by atoms with E-state index in [0.717, 1.165) is 30.1 Å². The van der Waals surface area contributed by atoms with Crippen molar-refractivity contribution in [2.24, 2.45) is 0 Å². The van der Waals surface area contributed by atoms with Gasteiger partial charge in [-0.1, -0.05) is 12.1 Å². The highest BCUT2D eigenvalue weighted by molar-refractivity contribution is 5.77. The van der Waals surface area contributed by atoms with Crippen LogP contribution in [0.4, 0.5) is 5.69 Å². The predicted octanol–water partition coefficient (Wildman–Crippen LogP) is 3.65. The summed E-state index contributed by atoms with van der Waals surface area (Å²) in [5.41, 5.74) is 1.85. The standard InChI is InChI=1S/C25H29N3O5/c1-30-18-8-9-19(22(16-18)32-3)23-17-26-24(33-23)10-11-25(29)28-14-12-27(13-15-28)20-6-4-5-7-21(20)31-2/h4-9,16-17H,10-15H2,1-3H3. The number of oxazole rings is 1. The second kappa shape index (κ2) is 10.3. The Labute approximate surface area is 193 Å². The average Bonchev–Trinajstić information content (AvgIpc) is 3.35. The van der Waals surface area contributed by atoms with Crippen LogP contribution in [0.15, 0.2) is 53.1 Å². The zero-order valence-electron chi connectivity index (χ0n) is 19.2. The van der Waals surface area contributed by atoms with E-state index in [-0.39, 0.29) is 5.91 Å². The van der Waals surface area contributed by atoms with Gasteiger partial charge in [0, 0.05) is 45.1 Å². The highest BCUT2D eigenvalue weighted by atomic mass is 16.5. The van der Waals surface area contributed by atoms with Crippen molar-refractivity contribution in [3.8, 4) is 28.6 Å². The van der Waals surface area contributed by atoms with Gasteiger partial charge < -0.3 is 28.4 Å². The molecule has 1 saturated heterocycles. The summed E-state index contributed by atoms with van der Waals surface area (Å²) in [6.07, 6.45) is 2.47. The van der Waals surface area contributed by atoms with Crippen LogP contribution in [0.2, 0.25) is 0 Å². The minimum absolute atomic E-state index is 0.108. The van der Waals surface area contributed by atoms with E-state index in [1.165, 1.54) is 0 Å². The Hall–Kier alpha value is -3.68. The third kappa shape index (κ3) is 5.05. The first-order chi connectivity index (χ1) is 16.1. The molecule has 2 heterocycles. The van der Waals surface area contributed by atoms with Crippen molar-refractivity contribution in [1.29, 1.82) is 0 Å². The minimum Gasteiger partial charge on any atom is -0.497 e. The molecule has 4 rings (SSSR count). The van der Waals surface area contributed by atoms with Gasteiger partial charge in [0.15, 0.2) is 11.7 Å². The van der Waals surface area contributed by atoms with Gasteiger partial charge in [-0.05, 0) is 24.3 Å². The zero-order valence-corrected chi connectivity index (χ0v) is 19.2. The summed E-state index contributed by atoms with van der Waals surface area (Å²) in [5, 5.41) is 0. The number of aryl methyl sites for hydroxylation is 1. The van der Waals surface area contributed by atoms with Gasteiger partial charge >= 0.3 is 0 Å². The first-order valence-electron chi connectivity index (χ1n) is 11.0. The molecule has 0 unspecified atom stereocenters. The molecule has 8 nitrogen and oxygen atoms in total. The van der Waals surface area contributed by atoms with E-state index in [9.17, 15) is 4.79 Å². The third-order valence-electron chi connectivity index (χ3n) is 5.84. The van der Waals surface area contributed by atoms with Crippen LogP contribution in [0, 0.1) is 0 Å². The number of amides is 1. The summed E-state index contributed by atoms with van der Waals surface area (Å²) >= 11 is 0. The van der Waals surface area contributed by atoms with Crippen molar-refractivity contribution in [1.82, 2.24) is 9.88 Å². The monoisotopic (exact) mass is 451 g/mol. The first-order valence-corrected chi connectivity index (χ1v) is 11.0. The van der Waals surface area contributed by atoms with E-state index in [2.05, 4.69) is 9.88 Å². The Morgan fingerprint density at radius 3 is 2.45 bits per heavy atom. The molecule has 1 fully saturated rings. The van der Waals surface area contributed by atoms with Gasteiger partial charge in [0.25, 0.3) is 0 Å². The number of methoxy groups -OCH3 is 3. The lowest BCUT2D eigenvalue weighted by molar-refractivity contribution is -0.131. The molecule has 0 atom stereocenters. The average molecular weight is 452 g/mol. The van der Waals surface area contributed by atoms with Gasteiger partial charge in [-0.15, -0.1) is 0 Å². The molecule has 2 aromatic carbocycles. The quantitative estimate of drug-likeness (QED) is 0.517. The normalized spacial score (nSPS) is 13.7. The number of hydrogen-bond acceptors (Lipinski definition) is 7. The van der Waals surface area contributed by atoms with Gasteiger partial charge in [-0.2, -0.15) is 0 Å². The fraction of sp³-hybridized carbons (Fsp3) is 0.360. The van der Waals surface area contributed by atoms with Gasteiger partial charge in [0.2, 0.25) is 5.91 Å². The molecule has 1 amide bonds. The number of carbonyl (C=O) groups excluding carboxylic acids is 1. The lowest BCUT2D eigenvalue weighted by atomic mass is 10.1. The van der Waals surface area contributed by atoms with Crippen LogP contribution in [0.5, 0.6) is 17.2 Å². The molecule has 1 aliphatic heterocycles. The van der Waals surface area contributed by atoms with Crippen LogP contribution < -0.4 is 19.1 Å². The Balaban J connectivity index is 1.32. The van der Waals surface area contributed by atoms with E-state index in [1.807, 2.05) is 41.3 Å². The molecular weight excluding hydrogens is 422 g/mol. The molecular formula is C25H29N3O5. The molecule has 8 heteroatoms. The molecule has 0 bridgehead atoms. The Kier molecular flexibility index (Phi) is 7.02. The maximum atomic E-state index is 12.8. The topological polar surface area (TPSA) is 77.3 Å². The number of piperazine rings is 1. The van der Waals surface area contributed by atoms with Gasteiger partial charge in [0.1, 0.15) is 17.2 Å². The van der Waals surface area contributed by atoms with Gasteiger partial charge in [0.05, 0.1) is 38.8 Å². The summed E-state index contributed by atoms with van der Waals surface area (Å²) in [7, 11) is 4.88. The number of carbonyl (C=O) groups is 1. The van der Waals surface area contributed by atoms with Crippen molar-refractivity contribution in [2.75, 3.05) is 52.4 Å². The SMILES string of the molecule is COc1ccc(-c2cnc(CCC(=O)N3CCN(c4ccccc4OC)CC3)o2)c(OC)c1. The van der Waals surface area contributed by atoms with Gasteiger partial charge in [-0.3, -0.25) is 4.79 Å². The number of aromatic nitrogens is 1.